The van der Waals surface area contributed by atoms with Crippen LogP contribution in [0.2, 0.25) is 0 Å². The third kappa shape index (κ3) is 7.32. The van der Waals surface area contributed by atoms with Gasteiger partial charge in [0.2, 0.25) is 0 Å². The molecule has 0 saturated carbocycles. The predicted molar refractivity (Wildman–Crippen MR) is 29.2 cm³/mol. The van der Waals surface area contributed by atoms with Crippen LogP contribution in [0.5, 0.6) is 0 Å². The van der Waals surface area contributed by atoms with Gasteiger partial charge in [-0.25, -0.2) is 5.14 Å². The first kappa shape index (κ1) is 14.4. The van der Waals surface area contributed by atoms with Crippen LogP contribution in [-0.4, -0.2) is 25.8 Å². The summed E-state index contributed by atoms with van der Waals surface area (Å²) in [5, 5.41) is 3.94. The normalized spacial score (nSPS) is 14.7. The smallest absolute Gasteiger partial charge is 0.212 e. The molecule has 2 N–H and O–H groups in total. The minimum absolute atomic E-state index is 1.90. The lowest BCUT2D eigenvalue weighted by molar-refractivity contribution is -0.522. The van der Waals surface area contributed by atoms with E-state index in [4.69, 9.17) is 0 Å². The molecule has 0 rings (SSSR count). The molecule has 0 fully saturated rings. The molecule has 0 aromatic carbocycles. The molecule has 13 heteroatoms. The fourth-order valence-electron chi connectivity index (χ4n) is 0.292. The van der Waals surface area contributed by atoms with E-state index in [0.717, 1.165) is 0 Å². The van der Waals surface area contributed by atoms with E-state index >= 15 is 0 Å². The predicted octanol–water partition coefficient (Wildman–Crippen LogP) is 0.395. The molecule has 0 bridgehead atoms. The summed E-state index contributed by atoms with van der Waals surface area (Å²) in [7, 11) is -5.48. The van der Waals surface area contributed by atoms with Crippen LogP contribution in [0.4, 0.5) is 26.3 Å². The topological polar surface area (TPSA) is 81.9 Å². The number of alkyl halides is 6. The molecule has 0 atom stereocenters. The van der Waals surface area contributed by atoms with Gasteiger partial charge in [0.15, 0.2) is 0 Å². The van der Waals surface area contributed by atoms with Crippen molar-refractivity contribution in [1.82, 2.24) is 4.63 Å². The molecule has 0 aliphatic carbocycles. The van der Waals surface area contributed by atoms with Gasteiger partial charge in [0.05, 0.1) is 4.63 Å². The zero-order valence-electron chi connectivity index (χ0n) is 6.33. The molecular formula is C2H2F6N2O4S. The third-order valence-electron chi connectivity index (χ3n) is 0.564. The highest BCUT2D eigenvalue weighted by Gasteiger charge is 2.45. The van der Waals surface area contributed by atoms with E-state index in [1.54, 1.807) is 0 Å². The van der Waals surface area contributed by atoms with Crippen molar-refractivity contribution < 1.29 is 44.4 Å². The van der Waals surface area contributed by atoms with Crippen molar-refractivity contribution in [3.05, 3.63) is 0 Å². The summed E-state index contributed by atoms with van der Waals surface area (Å²) in [6.07, 6.45) is -11.4. The number of halogens is 6. The van der Waals surface area contributed by atoms with Crippen molar-refractivity contribution >= 4 is 10.2 Å². The number of rotatable bonds is 3. The maximum Gasteiger partial charge on any atom is 0.541 e. The highest BCUT2D eigenvalue weighted by molar-refractivity contribution is 7.86. The number of hydrogen-bond donors (Lipinski definition) is 1. The van der Waals surface area contributed by atoms with Crippen LogP contribution in [0.3, 0.4) is 0 Å². The van der Waals surface area contributed by atoms with Gasteiger partial charge in [-0.05, 0) is 0 Å². The Morgan fingerprint density at radius 3 is 1.33 bits per heavy atom. The van der Waals surface area contributed by atoms with Gasteiger partial charge in [0, 0.05) is 0 Å². The zero-order chi connectivity index (χ0) is 12.5. The molecule has 0 amide bonds. The minimum Gasteiger partial charge on any atom is -0.212 e. The maximum absolute atomic E-state index is 11.4. The Morgan fingerprint density at radius 1 is 0.933 bits per heavy atom. The first-order valence-corrected chi connectivity index (χ1v) is 4.16. The van der Waals surface area contributed by atoms with Crippen LogP contribution in [0, 0.1) is 0 Å². The second-order valence-corrected chi connectivity index (χ2v) is 3.14. The van der Waals surface area contributed by atoms with Crippen molar-refractivity contribution in [2.45, 2.75) is 12.7 Å². The summed E-state index contributed by atoms with van der Waals surface area (Å²) >= 11 is 0. The molecular weight excluding hydrogens is 262 g/mol. The van der Waals surface area contributed by atoms with Gasteiger partial charge in [0.25, 0.3) is 0 Å². The Hall–Kier alpha value is -0.630. The van der Waals surface area contributed by atoms with E-state index in [1.807, 2.05) is 0 Å². The summed E-state index contributed by atoms with van der Waals surface area (Å²) in [6, 6.07) is 0. The van der Waals surface area contributed by atoms with Crippen molar-refractivity contribution in [1.29, 1.82) is 0 Å². The summed E-state index contributed by atoms with van der Waals surface area (Å²) in [4.78, 5) is 4.71. The Balaban J connectivity index is 4.79. The van der Waals surface area contributed by atoms with Crippen LogP contribution in [0.25, 0.3) is 0 Å². The second kappa shape index (κ2) is 4.09. The van der Waals surface area contributed by atoms with E-state index in [-0.39, 0.29) is 0 Å². The lowest BCUT2D eigenvalue weighted by atomic mass is 11.4. The molecule has 0 spiro atoms. The molecule has 15 heavy (non-hydrogen) atoms. The van der Waals surface area contributed by atoms with Crippen molar-refractivity contribution in [2.24, 2.45) is 5.14 Å². The monoisotopic (exact) mass is 264 g/mol. The van der Waals surface area contributed by atoms with Crippen LogP contribution in [0.15, 0.2) is 0 Å². The first-order chi connectivity index (χ1) is 6.31. The molecule has 0 heterocycles. The molecule has 6 nitrogen and oxygen atoms in total. The number of nitrogens with two attached hydrogens (primary N) is 1. The zero-order valence-corrected chi connectivity index (χ0v) is 7.15. The van der Waals surface area contributed by atoms with E-state index < -0.39 is 27.6 Å². The van der Waals surface area contributed by atoms with Gasteiger partial charge in [-0.1, -0.05) is 0 Å². The van der Waals surface area contributed by atoms with Crippen molar-refractivity contribution in [3.63, 3.8) is 0 Å². The largest absolute Gasteiger partial charge is 0.541 e. The molecule has 0 radical (unpaired) electrons. The minimum atomic E-state index is -5.71. The second-order valence-electron chi connectivity index (χ2n) is 1.81. The highest BCUT2D eigenvalue weighted by Crippen LogP contribution is 2.25. The summed E-state index contributed by atoms with van der Waals surface area (Å²) < 4.78 is 86.7. The van der Waals surface area contributed by atoms with E-state index in [9.17, 15) is 34.8 Å². The van der Waals surface area contributed by atoms with Crippen LogP contribution in [-0.2, 0) is 19.9 Å². The fourth-order valence-corrected chi connectivity index (χ4v) is 0.668. The van der Waals surface area contributed by atoms with Gasteiger partial charge in [0.1, 0.15) is 0 Å². The van der Waals surface area contributed by atoms with Crippen LogP contribution >= 0.6 is 0 Å². The summed E-state index contributed by atoms with van der Waals surface area (Å²) in [6.45, 7) is 0. The highest BCUT2D eigenvalue weighted by atomic mass is 32.2. The third-order valence-corrected chi connectivity index (χ3v) is 1.13. The van der Waals surface area contributed by atoms with Crippen molar-refractivity contribution in [2.75, 3.05) is 0 Å². The first-order valence-electron chi connectivity index (χ1n) is 2.66. The molecule has 0 aromatic heterocycles. The van der Waals surface area contributed by atoms with E-state index in [1.165, 1.54) is 0 Å². The Bertz CT molecular complexity index is 290. The fraction of sp³-hybridized carbons (Fsp3) is 1.00. The summed E-state index contributed by atoms with van der Waals surface area (Å²) in [5.74, 6) is 0. The van der Waals surface area contributed by atoms with Gasteiger partial charge < -0.3 is 0 Å². The van der Waals surface area contributed by atoms with Crippen molar-refractivity contribution in [3.8, 4) is 0 Å². The molecule has 0 aliphatic heterocycles. The number of nitrogens with zero attached hydrogens (tertiary/aromatic N) is 1. The lowest BCUT2D eigenvalue weighted by Gasteiger charge is -2.19. The van der Waals surface area contributed by atoms with Gasteiger partial charge in [-0.2, -0.15) is 18.1 Å². The Labute approximate surface area is 78.2 Å². The van der Waals surface area contributed by atoms with Crippen LogP contribution < -0.4 is 5.14 Å². The Kier molecular flexibility index (Phi) is 3.92. The standard InChI is InChI=1S/C2H2F6N2O4S/c3-1(4,5)13-10(15(9,11)12)14-2(6,7)8/h(H2,9,11,12). The molecule has 0 unspecified atom stereocenters. The molecule has 0 saturated heterocycles. The molecule has 0 aromatic rings. The van der Waals surface area contributed by atoms with Crippen LogP contribution in [0.1, 0.15) is 0 Å². The molecule has 0 aliphatic rings. The van der Waals surface area contributed by atoms with Gasteiger partial charge >= 0.3 is 22.9 Å². The summed E-state index contributed by atoms with van der Waals surface area (Å²) in [5.41, 5.74) is 0. The van der Waals surface area contributed by atoms with Gasteiger partial charge in [-0.3, -0.25) is 0 Å². The lowest BCUT2D eigenvalue weighted by Crippen LogP contribution is -2.43. The van der Waals surface area contributed by atoms with E-state index in [0.29, 0.717) is 0 Å². The SMILES string of the molecule is NS(=O)(=O)N(OC(F)(F)F)OC(F)(F)F. The van der Waals surface area contributed by atoms with Gasteiger partial charge in [-0.15, -0.1) is 26.3 Å². The average Bonchev–Trinajstić information content (AvgIpc) is 1.75. The molecule has 92 valence electrons. The number of hydrogen-bond acceptors (Lipinski definition) is 4. The van der Waals surface area contributed by atoms with E-state index in [2.05, 4.69) is 14.8 Å². The Morgan fingerprint density at radius 2 is 1.20 bits per heavy atom. The maximum atomic E-state index is 11.4. The average molecular weight is 264 g/mol. The quantitative estimate of drug-likeness (QED) is 0.590.